The molecule has 3 amide bonds. The van der Waals surface area contributed by atoms with Crippen LogP contribution in [0.5, 0.6) is 0 Å². The van der Waals surface area contributed by atoms with Gasteiger partial charge < -0.3 is 10.6 Å². The maximum absolute atomic E-state index is 12.7. The molecule has 6 heteroatoms. The zero-order valence-electron chi connectivity index (χ0n) is 11.8. The minimum atomic E-state index is -0.560. The Morgan fingerprint density at radius 3 is 2.32 bits per heavy atom. The molecule has 0 aliphatic carbocycles. The molecule has 2 rings (SSSR count). The minimum absolute atomic E-state index is 0.0790. The largest absolute Gasteiger partial charge is 0.376 e. The molecule has 0 spiro atoms. The number of hydrogen-bond acceptors (Lipinski definition) is 3. The van der Waals surface area contributed by atoms with Gasteiger partial charge in [0.2, 0.25) is 5.91 Å². The van der Waals surface area contributed by atoms with E-state index >= 15 is 0 Å². The quantitative estimate of drug-likeness (QED) is 0.793. The van der Waals surface area contributed by atoms with Crippen LogP contribution in [0.2, 0.25) is 0 Å². The predicted molar refractivity (Wildman–Crippen MR) is 81.7 cm³/mol. The Labute approximate surface area is 127 Å². The summed E-state index contributed by atoms with van der Waals surface area (Å²) in [6.07, 6.45) is 0. The second-order valence-corrected chi connectivity index (χ2v) is 4.58. The highest BCUT2D eigenvalue weighted by molar-refractivity contribution is 5.96. The molecule has 0 aliphatic heterocycles. The number of carbonyl (C=O) groups excluding carboxylic acids is 2. The van der Waals surface area contributed by atoms with E-state index in [1.165, 1.54) is 24.3 Å². The molecular formula is C16H16FN3O2. The zero-order valence-corrected chi connectivity index (χ0v) is 11.8. The van der Waals surface area contributed by atoms with Crippen molar-refractivity contribution in [2.24, 2.45) is 0 Å². The summed E-state index contributed by atoms with van der Waals surface area (Å²) in [5, 5.41) is 7.59. The van der Waals surface area contributed by atoms with Crippen molar-refractivity contribution < 1.29 is 14.0 Å². The summed E-state index contributed by atoms with van der Waals surface area (Å²) in [5.74, 6) is -0.829. The van der Waals surface area contributed by atoms with E-state index in [1.807, 2.05) is 30.3 Å². The van der Waals surface area contributed by atoms with Crippen LogP contribution in [-0.2, 0) is 11.3 Å². The summed E-state index contributed by atoms with van der Waals surface area (Å²) < 4.78 is 12.7. The van der Waals surface area contributed by atoms with Crippen molar-refractivity contribution in [3.8, 4) is 0 Å². The number of halogens is 1. The van der Waals surface area contributed by atoms with Crippen molar-refractivity contribution in [1.82, 2.24) is 10.6 Å². The molecule has 0 saturated carbocycles. The molecule has 0 radical (unpaired) electrons. The van der Waals surface area contributed by atoms with Crippen LogP contribution < -0.4 is 16.0 Å². The first-order chi connectivity index (χ1) is 10.6. The van der Waals surface area contributed by atoms with Gasteiger partial charge in [-0.3, -0.25) is 10.1 Å². The van der Waals surface area contributed by atoms with Crippen molar-refractivity contribution >= 4 is 17.6 Å². The van der Waals surface area contributed by atoms with Gasteiger partial charge in [0.05, 0.1) is 6.54 Å². The Morgan fingerprint density at radius 2 is 1.64 bits per heavy atom. The number of rotatable bonds is 5. The van der Waals surface area contributed by atoms with Gasteiger partial charge in [-0.2, -0.15) is 0 Å². The topological polar surface area (TPSA) is 70.2 Å². The van der Waals surface area contributed by atoms with Crippen LogP contribution in [-0.4, -0.2) is 18.5 Å². The van der Waals surface area contributed by atoms with Crippen LogP contribution in [0.1, 0.15) is 5.56 Å². The van der Waals surface area contributed by atoms with E-state index in [0.29, 0.717) is 12.2 Å². The Hall–Kier alpha value is -2.89. The third kappa shape index (κ3) is 5.24. The van der Waals surface area contributed by atoms with Gasteiger partial charge in [0, 0.05) is 12.2 Å². The first-order valence-corrected chi connectivity index (χ1v) is 6.74. The lowest BCUT2D eigenvalue weighted by molar-refractivity contribution is -0.118. The fourth-order valence-electron chi connectivity index (χ4n) is 1.74. The average molecular weight is 301 g/mol. The molecule has 2 aromatic rings. The summed E-state index contributed by atoms with van der Waals surface area (Å²) in [6, 6.07) is 14.4. The van der Waals surface area contributed by atoms with Crippen LogP contribution in [0.25, 0.3) is 0 Å². The van der Waals surface area contributed by atoms with Gasteiger partial charge in [-0.1, -0.05) is 30.3 Å². The standard InChI is InChI=1S/C16H16FN3O2/c17-13-6-8-14(9-7-13)18-11-15(21)20-16(22)19-10-12-4-2-1-3-5-12/h1-9,18H,10-11H2,(H2,19,20,21,22). The fourth-order valence-corrected chi connectivity index (χ4v) is 1.74. The molecule has 0 aliphatic rings. The first kappa shape index (κ1) is 15.5. The monoisotopic (exact) mass is 301 g/mol. The molecule has 0 fully saturated rings. The van der Waals surface area contributed by atoms with Gasteiger partial charge in [0.15, 0.2) is 0 Å². The minimum Gasteiger partial charge on any atom is -0.376 e. The summed E-state index contributed by atoms with van der Waals surface area (Å²) in [6.45, 7) is 0.260. The number of amides is 3. The van der Waals surface area contributed by atoms with Gasteiger partial charge >= 0.3 is 6.03 Å². The maximum atomic E-state index is 12.7. The highest BCUT2D eigenvalue weighted by Gasteiger charge is 2.07. The lowest BCUT2D eigenvalue weighted by Gasteiger charge is -2.08. The van der Waals surface area contributed by atoms with E-state index in [4.69, 9.17) is 0 Å². The van der Waals surface area contributed by atoms with Crippen molar-refractivity contribution in [3.63, 3.8) is 0 Å². The van der Waals surface area contributed by atoms with Crippen LogP contribution in [0, 0.1) is 5.82 Å². The summed E-state index contributed by atoms with van der Waals surface area (Å²) >= 11 is 0. The molecule has 5 nitrogen and oxygen atoms in total. The second-order valence-electron chi connectivity index (χ2n) is 4.58. The van der Waals surface area contributed by atoms with Gasteiger partial charge in [-0.25, -0.2) is 9.18 Å². The van der Waals surface area contributed by atoms with Crippen molar-refractivity contribution in [3.05, 3.63) is 66.0 Å². The molecule has 0 aromatic heterocycles. The van der Waals surface area contributed by atoms with Crippen molar-refractivity contribution in [2.45, 2.75) is 6.54 Å². The number of imide groups is 1. The van der Waals surface area contributed by atoms with Crippen LogP contribution in [0.4, 0.5) is 14.9 Å². The first-order valence-electron chi connectivity index (χ1n) is 6.74. The zero-order chi connectivity index (χ0) is 15.8. The lowest BCUT2D eigenvalue weighted by Crippen LogP contribution is -2.41. The Morgan fingerprint density at radius 1 is 0.955 bits per heavy atom. The number of hydrogen-bond donors (Lipinski definition) is 3. The summed E-state index contributed by atoms with van der Waals surface area (Å²) in [5.41, 5.74) is 1.54. The summed E-state index contributed by atoms with van der Waals surface area (Å²) in [7, 11) is 0. The molecule has 3 N–H and O–H groups in total. The predicted octanol–water partition coefficient (Wildman–Crippen LogP) is 2.26. The van der Waals surface area contributed by atoms with E-state index < -0.39 is 11.9 Å². The number of carbonyl (C=O) groups is 2. The van der Waals surface area contributed by atoms with Gasteiger partial charge in [0.1, 0.15) is 5.82 Å². The van der Waals surface area contributed by atoms with E-state index in [0.717, 1.165) is 5.56 Å². The van der Waals surface area contributed by atoms with E-state index in [1.54, 1.807) is 0 Å². The maximum Gasteiger partial charge on any atom is 0.321 e. The third-order valence-corrected chi connectivity index (χ3v) is 2.85. The average Bonchev–Trinajstić information content (AvgIpc) is 2.53. The molecule has 114 valence electrons. The highest BCUT2D eigenvalue weighted by atomic mass is 19.1. The SMILES string of the molecule is O=C(CNc1ccc(F)cc1)NC(=O)NCc1ccccc1. The smallest absolute Gasteiger partial charge is 0.321 e. The number of urea groups is 1. The molecule has 0 unspecified atom stereocenters. The molecule has 0 atom stereocenters. The summed E-state index contributed by atoms with van der Waals surface area (Å²) in [4.78, 5) is 23.2. The van der Waals surface area contributed by atoms with Gasteiger partial charge in [0.25, 0.3) is 0 Å². The molecule has 0 heterocycles. The Bertz CT molecular complexity index is 630. The molecule has 0 bridgehead atoms. The van der Waals surface area contributed by atoms with E-state index in [2.05, 4.69) is 16.0 Å². The normalized spacial score (nSPS) is 9.86. The van der Waals surface area contributed by atoms with Crippen LogP contribution in [0.15, 0.2) is 54.6 Å². The van der Waals surface area contributed by atoms with Gasteiger partial charge in [-0.05, 0) is 29.8 Å². The molecule has 2 aromatic carbocycles. The van der Waals surface area contributed by atoms with Crippen LogP contribution in [0.3, 0.4) is 0 Å². The molecule has 22 heavy (non-hydrogen) atoms. The number of nitrogens with one attached hydrogen (secondary N) is 3. The molecular weight excluding hydrogens is 285 g/mol. The van der Waals surface area contributed by atoms with Gasteiger partial charge in [-0.15, -0.1) is 0 Å². The Balaban J connectivity index is 1.70. The molecule has 0 saturated heterocycles. The van der Waals surface area contributed by atoms with E-state index in [-0.39, 0.29) is 12.4 Å². The number of benzene rings is 2. The van der Waals surface area contributed by atoms with Crippen LogP contribution >= 0.6 is 0 Å². The van der Waals surface area contributed by atoms with Crippen molar-refractivity contribution in [2.75, 3.05) is 11.9 Å². The lowest BCUT2D eigenvalue weighted by atomic mass is 10.2. The highest BCUT2D eigenvalue weighted by Crippen LogP contribution is 2.07. The fraction of sp³-hybridized carbons (Fsp3) is 0.125. The van der Waals surface area contributed by atoms with E-state index in [9.17, 15) is 14.0 Å². The number of anilines is 1. The Kier molecular flexibility index (Phi) is 5.48. The van der Waals surface area contributed by atoms with Crippen molar-refractivity contribution in [1.29, 1.82) is 0 Å². The second kappa shape index (κ2) is 7.78. The third-order valence-electron chi connectivity index (χ3n) is 2.85.